The Kier molecular flexibility index (Phi) is 4.82. The fourth-order valence-electron chi connectivity index (χ4n) is 3.48. The van der Waals surface area contributed by atoms with Crippen LogP contribution in [0, 0.1) is 11.8 Å². The first-order chi connectivity index (χ1) is 8.72. The van der Waals surface area contributed by atoms with Gasteiger partial charge in [-0.25, -0.2) is 0 Å². The van der Waals surface area contributed by atoms with Gasteiger partial charge >= 0.3 is 0 Å². The molecular weight excluding hydrogens is 220 g/mol. The van der Waals surface area contributed by atoms with Crippen molar-refractivity contribution in [2.45, 2.75) is 58.0 Å². The molecule has 0 aromatic heterocycles. The fourth-order valence-corrected chi connectivity index (χ4v) is 3.48. The summed E-state index contributed by atoms with van der Waals surface area (Å²) in [5, 5.41) is 10.4. The number of benzene rings is 1. The molecule has 0 heterocycles. The Balaban J connectivity index is 2.15. The molecule has 1 aliphatic rings. The van der Waals surface area contributed by atoms with Crippen molar-refractivity contribution in [3.05, 3.63) is 35.9 Å². The van der Waals surface area contributed by atoms with E-state index in [1.54, 1.807) is 0 Å². The summed E-state index contributed by atoms with van der Waals surface area (Å²) in [7, 11) is 0. The monoisotopic (exact) mass is 246 g/mol. The number of hydrogen-bond donors (Lipinski definition) is 1. The van der Waals surface area contributed by atoms with Gasteiger partial charge in [0.2, 0.25) is 0 Å². The summed E-state index contributed by atoms with van der Waals surface area (Å²) < 4.78 is 0. The van der Waals surface area contributed by atoms with Gasteiger partial charge < -0.3 is 5.11 Å². The SMILES string of the molecule is CCCC(c1ccccc1)C1CCC(C)CC1O. The lowest BCUT2D eigenvalue weighted by molar-refractivity contribution is 0.0333. The number of aliphatic hydroxyl groups is 1. The molecule has 4 unspecified atom stereocenters. The quantitative estimate of drug-likeness (QED) is 0.836. The van der Waals surface area contributed by atoms with Crippen molar-refractivity contribution in [2.24, 2.45) is 11.8 Å². The second kappa shape index (κ2) is 6.38. The van der Waals surface area contributed by atoms with Gasteiger partial charge in [0, 0.05) is 0 Å². The Bertz CT molecular complexity index is 346. The summed E-state index contributed by atoms with van der Waals surface area (Å²) in [5.74, 6) is 1.69. The van der Waals surface area contributed by atoms with Gasteiger partial charge in [-0.05, 0) is 42.6 Å². The van der Waals surface area contributed by atoms with Gasteiger partial charge in [0.15, 0.2) is 0 Å². The Morgan fingerprint density at radius 2 is 1.94 bits per heavy atom. The van der Waals surface area contributed by atoms with Crippen molar-refractivity contribution in [3.8, 4) is 0 Å². The first-order valence-corrected chi connectivity index (χ1v) is 7.45. The van der Waals surface area contributed by atoms with Gasteiger partial charge in [-0.15, -0.1) is 0 Å². The lowest BCUT2D eigenvalue weighted by atomic mass is 9.71. The zero-order chi connectivity index (χ0) is 13.0. The third-order valence-corrected chi connectivity index (χ3v) is 4.48. The molecule has 0 saturated heterocycles. The van der Waals surface area contributed by atoms with Gasteiger partial charge in [0.1, 0.15) is 0 Å². The van der Waals surface area contributed by atoms with E-state index in [-0.39, 0.29) is 6.10 Å². The molecule has 1 saturated carbocycles. The van der Waals surface area contributed by atoms with Gasteiger partial charge in [-0.2, -0.15) is 0 Å². The molecule has 0 bridgehead atoms. The molecule has 1 N–H and O–H groups in total. The molecule has 1 nitrogen and oxygen atoms in total. The molecule has 1 aromatic carbocycles. The van der Waals surface area contributed by atoms with Crippen LogP contribution in [0.5, 0.6) is 0 Å². The summed E-state index contributed by atoms with van der Waals surface area (Å²) in [5.41, 5.74) is 1.41. The van der Waals surface area contributed by atoms with Crippen LogP contribution >= 0.6 is 0 Å². The van der Waals surface area contributed by atoms with Crippen LogP contribution < -0.4 is 0 Å². The predicted molar refractivity (Wildman–Crippen MR) is 76.6 cm³/mol. The van der Waals surface area contributed by atoms with Crippen molar-refractivity contribution in [3.63, 3.8) is 0 Å². The molecule has 100 valence electrons. The minimum absolute atomic E-state index is 0.106. The summed E-state index contributed by atoms with van der Waals surface area (Å²) in [6.45, 7) is 4.50. The van der Waals surface area contributed by atoms with Crippen LogP contribution in [0.25, 0.3) is 0 Å². The average molecular weight is 246 g/mol. The molecule has 1 aliphatic carbocycles. The highest BCUT2D eigenvalue weighted by atomic mass is 16.3. The second-order valence-electron chi connectivity index (χ2n) is 5.96. The van der Waals surface area contributed by atoms with Crippen LogP contribution in [0.2, 0.25) is 0 Å². The minimum Gasteiger partial charge on any atom is -0.393 e. The Hall–Kier alpha value is -0.820. The molecule has 0 aliphatic heterocycles. The molecule has 0 spiro atoms. The Morgan fingerprint density at radius 1 is 1.22 bits per heavy atom. The van der Waals surface area contributed by atoms with Crippen LogP contribution in [0.3, 0.4) is 0 Å². The second-order valence-corrected chi connectivity index (χ2v) is 5.96. The third kappa shape index (κ3) is 3.14. The molecule has 0 amide bonds. The average Bonchev–Trinajstić information content (AvgIpc) is 2.38. The Labute approximate surface area is 111 Å². The smallest absolute Gasteiger partial charge is 0.0576 e. The topological polar surface area (TPSA) is 20.2 Å². The minimum atomic E-state index is -0.106. The number of aliphatic hydroxyl groups excluding tert-OH is 1. The molecule has 0 radical (unpaired) electrons. The first-order valence-electron chi connectivity index (χ1n) is 7.45. The van der Waals surface area contributed by atoms with E-state index in [0.29, 0.717) is 17.8 Å². The van der Waals surface area contributed by atoms with E-state index >= 15 is 0 Å². The highest BCUT2D eigenvalue weighted by molar-refractivity contribution is 5.21. The molecule has 4 atom stereocenters. The van der Waals surface area contributed by atoms with Gasteiger partial charge in [0.25, 0.3) is 0 Å². The standard InChI is InChI=1S/C17H26O/c1-3-7-15(14-8-5-4-6-9-14)16-11-10-13(2)12-17(16)18/h4-6,8-9,13,15-18H,3,7,10-12H2,1-2H3. The van der Waals surface area contributed by atoms with E-state index in [1.165, 1.54) is 31.2 Å². The molecule has 1 heteroatoms. The highest BCUT2D eigenvalue weighted by Crippen LogP contribution is 2.40. The van der Waals surface area contributed by atoms with Crippen LogP contribution in [0.1, 0.15) is 57.4 Å². The summed E-state index contributed by atoms with van der Waals surface area (Å²) >= 11 is 0. The molecule has 18 heavy (non-hydrogen) atoms. The van der Waals surface area contributed by atoms with Gasteiger partial charge in [0.05, 0.1) is 6.10 Å². The van der Waals surface area contributed by atoms with Crippen molar-refractivity contribution in [1.82, 2.24) is 0 Å². The van der Waals surface area contributed by atoms with Crippen LogP contribution in [-0.4, -0.2) is 11.2 Å². The largest absolute Gasteiger partial charge is 0.393 e. The van der Waals surface area contributed by atoms with Crippen molar-refractivity contribution in [1.29, 1.82) is 0 Å². The van der Waals surface area contributed by atoms with Gasteiger partial charge in [-0.3, -0.25) is 0 Å². The zero-order valence-corrected chi connectivity index (χ0v) is 11.7. The molecule has 1 fully saturated rings. The molecular formula is C17H26O. The lowest BCUT2D eigenvalue weighted by Gasteiger charge is -2.37. The Morgan fingerprint density at radius 3 is 2.56 bits per heavy atom. The maximum Gasteiger partial charge on any atom is 0.0576 e. The zero-order valence-electron chi connectivity index (χ0n) is 11.7. The van der Waals surface area contributed by atoms with Gasteiger partial charge in [-0.1, -0.05) is 57.0 Å². The summed E-state index contributed by atoms with van der Waals surface area (Å²) in [4.78, 5) is 0. The van der Waals surface area contributed by atoms with Crippen LogP contribution in [-0.2, 0) is 0 Å². The number of hydrogen-bond acceptors (Lipinski definition) is 1. The molecule has 1 aromatic rings. The van der Waals surface area contributed by atoms with Crippen LogP contribution in [0.15, 0.2) is 30.3 Å². The number of rotatable bonds is 4. The fraction of sp³-hybridized carbons (Fsp3) is 0.647. The highest BCUT2D eigenvalue weighted by Gasteiger charge is 2.33. The summed E-state index contributed by atoms with van der Waals surface area (Å²) in [6, 6.07) is 10.8. The van der Waals surface area contributed by atoms with Crippen molar-refractivity contribution >= 4 is 0 Å². The van der Waals surface area contributed by atoms with E-state index in [2.05, 4.69) is 44.2 Å². The first kappa shape index (κ1) is 13.6. The van der Waals surface area contributed by atoms with Crippen LogP contribution in [0.4, 0.5) is 0 Å². The van der Waals surface area contributed by atoms with E-state index in [4.69, 9.17) is 0 Å². The lowest BCUT2D eigenvalue weighted by Crippen LogP contribution is -2.32. The predicted octanol–water partition coefficient (Wildman–Crippen LogP) is 4.37. The van der Waals surface area contributed by atoms with E-state index in [1.807, 2.05) is 0 Å². The molecule has 2 rings (SSSR count). The maximum absolute atomic E-state index is 10.4. The summed E-state index contributed by atoms with van der Waals surface area (Å²) in [6.07, 6.45) is 5.72. The van der Waals surface area contributed by atoms with E-state index < -0.39 is 0 Å². The van der Waals surface area contributed by atoms with E-state index in [9.17, 15) is 5.11 Å². The third-order valence-electron chi connectivity index (χ3n) is 4.48. The van der Waals surface area contributed by atoms with E-state index in [0.717, 1.165) is 6.42 Å². The maximum atomic E-state index is 10.4. The van der Waals surface area contributed by atoms with Crippen molar-refractivity contribution in [2.75, 3.05) is 0 Å². The van der Waals surface area contributed by atoms with Crippen molar-refractivity contribution < 1.29 is 5.11 Å². The normalized spacial score (nSPS) is 30.1.